The van der Waals surface area contributed by atoms with Gasteiger partial charge in [0.1, 0.15) is 5.82 Å². The van der Waals surface area contributed by atoms with Gasteiger partial charge in [-0.25, -0.2) is 4.98 Å². The van der Waals surface area contributed by atoms with Gasteiger partial charge in [0.2, 0.25) is 0 Å². The SMILES string of the molecule is Cc1ccc(N)cc1C(=O)Nc1cc(Cl)ccn1. The molecule has 0 unspecified atom stereocenters. The molecule has 92 valence electrons. The number of nitrogens with one attached hydrogen (secondary N) is 1. The molecule has 1 amide bonds. The van der Waals surface area contributed by atoms with Crippen molar-refractivity contribution in [3.8, 4) is 0 Å². The van der Waals surface area contributed by atoms with Crippen molar-refractivity contribution in [1.82, 2.24) is 4.98 Å². The van der Waals surface area contributed by atoms with Gasteiger partial charge in [-0.1, -0.05) is 17.7 Å². The van der Waals surface area contributed by atoms with Gasteiger partial charge in [0, 0.05) is 22.5 Å². The number of nitrogens with zero attached hydrogens (tertiary/aromatic N) is 1. The van der Waals surface area contributed by atoms with E-state index in [9.17, 15) is 4.79 Å². The summed E-state index contributed by atoms with van der Waals surface area (Å²) in [4.78, 5) is 16.1. The van der Waals surface area contributed by atoms with Crippen LogP contribution in [-0.2, 0) is 0 Å². The lowest BCUT2D eigenvalue weighted by Crippen LogP contribution is -2.14. The van der Waals surface area contributed by atoms with Crippen LogP contribution in [0.5, 0.6) is 0 Å². The second-order valence-electron chi connectivity index (χ2n) is 3.89. The summed E-state index contributed by atoms with van der Waals surface area (Å²) in [6.45, 7) is 1.85. The van der Waals surface area contributed by atoms with E-state index in [2.05, 4.69) is 10.3 Å². The van der Waals surface area contributed by atoms with Gasteiger partial charge < -0.3 is 11.1 Å². The van der Waals surface area contributed by atoms with Crippen LogP contribution in [0.15, 0.2) is 36.5 Å². The fourth-order valence-electron chi connectivity index (χ4n) is 1.54. The number of hydrogen-bond acceptors (Lipinski definition) is 3. The molecule has 2 aromatic rings. The molecule has 1 heterocycles. The van der Waals surface area contributed by atoms with Gasteiger partial charge in [-0.2, -0.15) is 0 Å². The van der Waals surface area contributed by atoms with E-state index in [0.29, 0.717) is 22.1 Å². The Morgan fingerprint density at radius 1 is 1.33 bits per heavy atom. The van der Waals surface area contributed by atoms with Crippen LogP contribution in [0.1, 0.15) is 15.9 Å². The van der Waals surface area contributed by atoms with Gasteiger partial charge in [-0.05, 0) is 36.8 Å². The summed E-state index contributed by atoms with van der Waals surface area (Å²) in [6.07, 6.45) is 1.53. The molecule has 0 aliphatic rings. The Labute approximate surface area is 110 Å². The first kappa shape index (κ1) is 12.4. The van der Waals surface area contributed by atoms with E-state index in [1.54, 1.807) is 30.3 Å². The van der Waals surface area contributed by atoms with Crippen molar-refractivity contribution in [2.45, 2.75) is 6.92 Å². The highest BCUT2D eigenvalue weighted by Crippen LogP contribution is 2.16. The summed E-state index contributed by atoms with van der Waals surface area (Å²) in [5.74, 6) is 0.156. The molecule has 0 radical (unpaired) electrons. The van der Waals surface area contributed by atoms with Crippen LogP contribution in [0.4, 0.5) is 11.5 Å². The largest absolute Gasteiger partial charge is 0.399 e. The average molecular weight is 262 g/mol. The number of anilines is 2. The zero-order valence-electron chi connectivity index (χ0n) is 9.77. The maximum atomic E-state index is 12.0. The number of aryl methyl sites for hydroxylation is 1. The van der Waals surface area contributed by atoms with E-state index in [1.165, 1.54) is 6.20 Å². The van der Waals surface area contributed by atoms with Crippen molar-refractivity contribution >= 4 is 29.0 Å². The van der Waals surface area contributed by atoms with Gasteiger partial charge in [0.25, 0.3) is 5.91 Å². The standard InChI is InChI=1S/C13H12ClN3O/c1-8-2-3-10(15)7-11(8)13(18)17-12-6-9(14)4-5-16-12/h2-7H,15H2,1H3,(H,16,17,18). The Morgan fingerprint density at radius 3 is 2.83 bits per heavy atom. The number of carbonyl (C=O) groups is 1. The molecule has 18 heavy (non-hydrogen) atoms. The van der Waals surface area contributed by atoms with Crippen LogP contribution in [-0.4, -0.2) is 10.9 Å². The number of rotatable bonds is 2. The van der Waals surface area contributed by atoms with Crippen LogP contribution < -0.4 is 11.1 Å². The monoisotopic (exact) mass is 261 g/mol. The highest BCUT2D eigenvalue weighted by atomic mass is 35.5. The van der Waals surface area contributed by atoms with Crippen LogP contribution in [0.3, 0.4) is 0 Å². The van der Waals surface area contributed by atoms with E-state index in [1.807, 2.05) is 6.92 Å². The number of pyridine rings is 1. The first-order valence-electron chi connectivity index (χ1n) is 5.35. The molecule has 0 spiro atoms. The van der Waals surface area contributed by atoms with E-state index < -0.39 is 0 Å². The van der Waals surface area contributed by atoms with Crippen molar-refractivity contribution in [2.24, 2.45) is 0 Å². The predicted molar refractivity (Wildman–Crippen MR) is 72.8 cm³/mol. The quantitative estimate of drug-likeness (QED) is 0.817. The third-order valence-corrected chi connectivity index (χ3v) is 2.70. The van der Waals surface area contributed by atoms with Gasteiger partial charge >= 0.3 is 0 Å². The Morgan fingerprint density at radius 2 is 2.11 bits per heavy atom. The second kappa shape index (κ2) is 5.06. The van der Waals surface area contributed by atoms with E-state index in [4.69, 9.17) is 17.3 Å². The molecule has 0 fully saturated rings. The minimum atomic E-state index is -0.255. The van der Waals surface area contributed by atoms with Crippen LogP contribution in [0, 0.1) is 6.92 Å². The molecule has 5 heteroatoms. The summed E-state index contributed by atoms with van der Waals surface area (Å²) in [5, 5.41) is 3.20. The summed E-state index contributed by atoms with van der Waals surface area (Å²) in [7, 11) is 0. The molecular weight excluding hydrogens is 250 g/mol. The molecule has 3 N–H and O–H groups in total. The molecule has 0 saturated carbocycles. The summed E-state index contributed by atoms with van der Waals surface area (Å²) in [6, 6.07) is 8.42. The first-order valence-corrected chi connectivity index (χ1v) is 5.73. The van der Waals surface area contributed by atoms with Gasteiger partial charge in [-0.3, -0.25) is 4.79 Å². The topological polar surface area (TPSA) is 68.0 Å². The van der Waals surface area contributed by atoms with Crippen LogP contribution >= 0.6 is 11.6 Å². The molecule has 0 aliphatic carbocycles. The summed E-state index contributed by atoms with van der Waals surface area (Å²) in [5.41, 5.74) is 7.59. The van der Waals surface area contributed by atoms with Crippen molar-refractivity contribution in [1.29, 1.82) is 0 Å². The predicted octanol–water partition coefficient (Wildman–Crippen LogP) is 2.88. The molecule has 1 aromatic carbocycles. The number of nitrogens with two attached hydrogens (primary N) is 1. The summed E-state index contributed by atoms with van der Waals surface area (Å²) < 4.78 is 0. The average Bonchev–Trinajstić information content (AvgIpc) is 2.32. The highest BCUT2D eigenvalue weighted by molar-refractivity contribution is 6.30. The smallest absolute Gasteiger partial charge is 0.257 e. The molecule has 1 aromatic heterocycles. The Kier molecular flexibility index (Phi) is 3.48. The molecule has 0 atom stereocenters. The molecule has 0 aliphatic heterocycles. The Balaban J connectivity index is 2.24. The van der Waals surface area contributed by atoms with Crippen molar-refractivity contribution in [3.63, 3.8) is 0 Å². The second-order valence-corrected chi connectivity index (χ2v) is 4.32. The molecule has 0 saturated heterocycles. The minimum Gasteiger partial charge on any atom is -0.399 e. The minimum absolute atomic E-state index is 0.255. The lowest BCUT2D eigenvalue weighted by Gasteiger charge is -2.08. The van der Waals surface area contributed by atoms with Gasteiger partial charge in [0.05, 0.1) is 0 Å². The number of benzene rings is 1. The molecule has 4 nitrogen and oxygen atoms in total. The third-order valence-electron chi connectivity index (χ3n) is 2.47. The lowest BCUT2D eigenvalue weighted by atomic mass is 10.1. The highest BCUT2D eigenvalue weighted by Gasteiger charge is 2.10. The number of carbonyl (C=O) groups excluding carboxylic acids is 1. The summed E-state index contributed by atoms with van der Waals surface area (Å²) >= 11 is 5.82. The third kappa shape index (κ3) is 2.78. The fourth-order valence-corrected chi connectivity index (χ4v) is 1.70. The first-order chi connectivity index (χ1) is 8.56. The van der Waals surface area contributed by atoms with E-state index in [-0.39, 0.29) is 5.91 Å². The van der Waals surface area contributed by atoms with Crippen molar-refractivity contribution < 1.29 is 4.79 Å². The van der Waals surface area contributed by atoms with Crippen LogP contribution in [0.25, 0.3) is 0 Å². The zero-order valence-corrected chi connectivity index (χ0v) is 10.5. The zero-order chi connectivity index (χ0) is 13.1. The number of halogens is 1. The van der Waals surface area contributed by atoms with E-state index >= 15 is 0 Å². The molecular formula is C13H12ClN3O. The number of amides is 1. The maximum Gasteiger partial charge on any atom is 0.257 e. The molecule has 2 rings (SSSR count). The number of aromatic nitrogens is 1. The number of nitrogen functional groups attached to an aromatic ring is 1. The Bertz CT molecular complexity index is 599. The lowest BCUT2D eigenvalue weighted by molar-refractivity contribution is 0.102. The van der Waals surface area contributed by atoms with Gasteiger partial charge in [0.15, 0.2) is 0 Å². The van der Waals surface area contributed by atoms with Crippen molar-refractivity contribution in [3.05, 3.63) is 52.7 Å². The van der Waals surface area contributed by atoms with E-state index in [0.717, 1.165) is 5.56 Å². The fraction of sp³-hybridized carbons (Fsp3) is 0.0769. The normalized spacial score (nSPS) is 10.1. The van der Waals surface area contributed by atoms with Gasteiger partial charge in [-0.15, -0.1) is 0 Å². The molecule has 0 bridgehead atoms. The number of hydrogen-bond donors (Lipinski definition) is 2. The Hall–Kier alpha value is -2.07. The van der Waals surface area contributed by atoms with Crippen molar-refractivity contribution in [2.75, 3.05) is 11.1 Å². The van der Waals surface area contributed by atoms with Crippen LogP contribution in [0.2, 0.25) is 5.02 Å². The maximum absolute atomic E-state index is 12.0.